The summed E-state index contributed by atoms with van der Waals surface area (Å²) in [5.41, 5.74) is 0. The van der Waals surface area contributed by atoms with E-state index in [2.05, 4.69) is 0 Å². The van der Waals surface area contributed by atoms with Crippen molar-refractivity contribution in [3.63, 3.8) is 0 Å². The Labute approximate surface area is 63.7 Å². The molecule has 0 spiro atoms. The van der Waals surface area contributed by atoms with Crippen LogP contribution in [-0.4, -0.2) is 12.2 Å². The standard InChI is InChI=1S/C7H10F2S/c1-10-6-2-4-7(8,9)5-3-6/h2H,3-5H2,1H3. The van der Waals surface area contributed by atoms with Crippen LogP contribution in [0, 0.1) is 0 Å². The van der Waals surface area contributed by atoms with Gasteiger partial charge < -0.3 is 0 Å². The first-order valence-corrected chi connectivity index (χ1v) is 4.47. The Morgan fingerprint density at radius 2 is 2.30 bits per heavy atom. The van der Waals surface area contributed by atoms with Crippen LogP contribution in [0.2, 0.25) is 0 Å². The SMILES string of the molecule is CSC1=CCC(F)(F)CC1. The molecule has 0 saturated carbocycles. The minimum atomic E-state index is -2.43. The molecular formula is C7H10F2S. The zero-order chi connectivity index (χ0) is 7.61. The maximum absolute atomic E-state index is 12.5. The maximum Gasteiger partial charge on any atom is 0.251 e. The second-order valence-electron chi connectivity index (χ2n) is 2.43. The van der Waals surface area contributed by atoms with Crippen LogP contribution in [0.15, 0.2) is 11.0 Å². The fourth-order valence-corrected chi connectivity index (χ4v) is 1.51. The fourth-order valence-electron chi connectivity index (χ4n) is 0.959. The Hall–Kier alpha value is -0.0500. The highest BCUT2D eigenvalue weighted by molar-refractivity contribution is 8.02. The van der Waals surface area contributed by atoms with Gasteiger partial charge in [-0.15, -0.1) is 11.8 Å². The molecule has 0 heterocycles. The summed E-state index contributed by atoms with van der Waals surface area (Å²) in [6.07, 6.45) is 4.08. The molecular weight excluding hydrogens is 154 g/mol. The van der Waals surface area contributed by atoms with Gasteiger partial charge in [-0.1, -0.05) is 6.08 Å². The average molecular weight is 164 g/mol. The predicted octanol–water partition coefficient (Wildman–Crippen LogP) is 3.05. The molecule has 0 radical (unpaired) electrons. The van der Waals surface area contributed by atoms with E-state index in [0.717, 1.165) is 4.91 Å². The van der Waals surface area contributed by atoms with E-state index in [1.54, 1.807) is 17.8 Å². The first-order valence-electron chi connectivity index (χ1n) is 3.25. The Morgan fingerprint density at radius 1 is 1.60 bits per heavy atom. The molecule has 58 valence electrons. The summed E-state index contributed by atoms with van der Waals surface area (Å²) in [5, 5.41) is 0. The topological polar surface area (TPSA) is 0 Å². The third kappa shape index (κ3) is 1.97. The highest BCUT2D eigenvalue weighted by Gasteiger charge is 2.30. The first kappa shape index (κ1) is 8.05. The Bertz CT molecular complexity index is 152. The van der Waals surface area contributed by atoms with Gasteiger partial charge >= 0.3 is 0 Å². The van der Waals surface area contributed by atoms with Gasteiger partial charge in [0, 0.05) is 12.8 Å². The normalized spacial score (nSPS) is 24.1. The van der Waals surface area contributed by atoms with Gasteiger partial charge in [0.2, 0.25) is 0 Å². The largest absolute Gasteiger partial charge is 0.251 e. The number of rotatable bonds is 1. The number of hydrogen-bond donors (Lipinski definition) is 0. The van der Waals surface area contributed by atoms with E-state index in [-0.39, 0.29) is 12.8 Å². The van der Waals surface area contributed by atoms with Crippen molar-refractivity contribution in [2.75, 3.05) is 6.26 Å². The van der Waals surface area contributed by atoms with Crippen molar-refractivity contribution in [3.8, 4) is 0 Å². The van der Waals surface area contributed by atoms with E-state index in [0.29, 0.717) is 6.42 Å². The molecule has 1 aliphatic rings. The van der Waals surface area contributed by atoms with Gasteiger partial charge in [-0.2, -0.15) is 0 Å². The summed E-state index contributed by atoms with van der Waals surface area (Å²) < 4.78 is 24.9. The molecule has 0 aliphatic heterocycles. The lowest BCUT2D eigenvalue weighted by Gasteiger charge is -2.19. The molecule has 0 saturated heterocycles. The Kier molecular flexibility index (Phi) is 2.34. The van der Waals surface area contributed by atoms with E-state index in [4.69, 9.17) is 0 Å². The van der Waals surface area contributed by atoms with Gasteiger partial charge in [0.15, 0.2) is 0 Å². The molecule has 0 aromatic carbocycles. The second kappa shape index (κ2) is 2.91. The van der Waals surface area contributed by atoms with Crippen molar-refractivity contribution >= 4 is 11.8 Å². The molecule has 0 aromatic heterocycles. The minimum Gasteiger partial charge on any atom is -0.207 e. The zero-order valence-electron chi connectivity index (χ0n) is 5.86. The molecule has 0 atom stereocenters. The summed E-state index contributed by atoms with van der Waals surface area (Å²) in [4.78, 5) is 1.10. The fraction of sp³-hybridized carbons (Fsp3) is 0.714. The second-order valence-corrected chi connectivity index (χ2v) is 3.37. The number of allylic oxidation sites excluding steroid dienone is 2. The minimum absolute atomic E-state index is 0.0275. The summed E-state index contributed by atoms with van der Waals surface area (Å²) >= 11 is 1.57. The number of alkyl halides is 2. The van der Waals surface area contributed by atoms with E-state index in [1.165, 1.54) is 0 Å². The lowest BCUT2D eigenvalue weighted by molar-refractivity contribution is -0.00763. The van der Waals surface area contributed by atoms with Gasteiger partial charge in [0.1, 0.15) is 0 Å². The monoisotopic (exact) mass is 164 g/mol. The van der Waals surface area contributed by atoms with E-state index < -0.39 is 5.92 Å². The molecule has 0 aromatic rings. The van der Waals surface area contributed by atoms with Gasteiger partial charge in [-0.3, -0.25) is 0 Å². The molecule has 1 aliphatic carbocycles. The van der Waals surface area contributed by atoms with Gasteiger partial charge in [-0.05, 0) is 17.6 Å². The van der Waals surface area contributed by atoms with Crippen molar-refractivity contribution in [1.82, 2.24) is 0 Å². The van der Waals surface area contributed by atoms with Crippen LogP contribution in [0.25, 0.3) is 0 Å². The Balaban J connectivity index is 2.52. The maximum atomic E-state index is 12.5. The molecule has 1 rings (SSSR count). The highest BCUT2D eigenvalue weighted by atomic mass is 32.2. The molecule has 10 heavy (non-hydrogen) atoms. The van der Waals surface area contributed by atoms with Gasteiger partial charge in [-0.25, -0.2) is 8.78 Å². The lowest BCUT2D eigenvalue weighted by atomic mass is 10.0. The quantitative estimate of drug-likeness (QED) is 0.574. The van der Waals surface area contributed by atoms with Crippen molar-refractivity contribution in [1.29, 1.82) is 0 Å². The molecule has 0 fully saturated rings. The zero-order valence-corrected chi connectivity index (χ0v) is 6.68. The third-order valence-electron chi connectivity index (χ3n) is 1.63. The first-order chi connectivity index (χ1) is 4.64. The van der Waals surface area contributed by atoms with Crippen molar-refractivity contribution in [3.05, 3.63) is 11.0 Å². The Morgan fingerprint density at radius 3 is 2.70 bits per heavy atom. The van der Waals surface area contributed by atoms with Crippen LogP contribution in [0.5, 0.6) is 0 Å². The van der Waals surface area contributed by atoms with E-state index in [1.807, 2.05) is 6.26 Å². The molecule has 0 amide bonds. The van der Waals surface area contributed by atoms with Gasteiger partial charge in [0.25, 0.3) is 5.92 Å². The van der Waals surface area contributed by atoms with Crippen LogP contribution in [0.3, 0.4) is 0 Å². The number of halogens is 2. The molecule has 0 unspecified atom stereocenters. The molecule has 0 N–H and O–H groups in total. The molecule has 0 bridgehead atoms. The summed E-state index contributed by atoms with van der Waals surface area (Å²) in [6.45, 7) is 0. The smallest absolute Gasteiger partial charge is 0.207 e. The van der Waals surface area contributed by atoms with Crippen LogP contribution in [0.1, 0.15) is 19.3 Å². The van der Waals surface area contributed by atoms with Crippen LogP contribution in [-0.2, 0) is 0 Å². The highest BCUT2D eigenvalue weighted by Crippen LogP contribution is 2.35. The summed E-state index contributed by atoms with van der Waals surface area (Å²) in [7, 11) is 0. The molecule has 3 heteroatoms. The van der Waals surface area contributed by atoms with Crippen molar-refractivity contribution < 1.29 is 8.78 Å². The third-order valence-corrected chi connectivity index (χ3v) is 2.52. The lowest BCUT2D eigenvalue weighted by Crippen LogP contribution is -2.17. The van der Waals surface area contributed by atoms with E-state index in [9.17, 15) is 8.78 Å². The number of hydrogen-bond acceptors (Lipinski definition) is 1. The summed E-state index contributed by atoms with van der Waals surface area (Å²) in [6, 6.07) is 0. The number of thioether (sulfide) groups is 1. The van der Waals surface area contributed by atoms with Crippen LogP contribution >= 0.6 is 11.8 Å². The summed E-state index contributed by atoms with van der Waals surface area (Å²) in [5.74, 6) is -2.43. The van der Waals surface area contributed by atoms with Crippen molar-refractivity contribution in [2.45, 2.75) is 25.2 Å². The van der Waals surface area contributed by atoms with Crippen LogP contribution in [0.4, 0.5) is 8.78 Å². The molecule has 0 nitrogen and oxygen atoms in total. The van der Waals surface area contributed by atoms with Crippen molar-refractivity contribution in [2.24, 2.45) is 0 Å². The van der Waals surface area contributed by atoms with Crippen LogP contribution < -0.4 is 0 Å². The van der Waals surface area contributed by atoms with Gasteiger partial charge in [0.05, 0.1) is 0 Å². The van der Waals surface area contributed by atoms with E-state index >= 15 is 0 Å². The average Bonchev–Trinajstić information content (AvgIpc) is 1.88. The predicted molar refractivity (Wildman–Crippen MR) is 40.4 cm³/mol.